The van der Waals surface area contributed by atoms with Crippen molar-refractivity contribution in [3.8, 4) is 5.88 Å². The van der Waals surface area contributed by atoms with Gasteiger partial charge in [-0.1, -0.05) is 12.1 Å². The van der Waals surface area contributed by atoms with Gasteiger partial charge in [-0.3, -0.25) is 0 Å². The van der Waals surface area contributed by atoms with Gasteiger partial charge >= 0.3 is 0 Å². The number of hydrogen-bond acceptors (Lipinski definition) is 8. The normalized spacial score (nSPS) is 15.0. The average molecular weight is 384 g/mol. The number of benzene rings is 1. The molecule has 1 aliphatic heterocycles. The number of aryl methyl sites for hydroxylation is 2. The molecule has 150 valence electrons. The highest BCUT2D eigenvalue weighted by molar-refractivity contribution is 6.12. The van der Waals surface area contributed by atoms with Gasteiger partial charge in [-0.2, -0.15) is 10.1 Å². The summed E-state index contributed by atoms with van der Waals surface area (Å²) in [6.07, 6.45) is 0. The van der Waals surface area contributed by atoms with Crippen LogP contribution in [0.15, 0.2) is 29.4 Å². The molecule has 1 aromatic heterocycles. The van der Waals surface area contributed by atoms with Crippen molar-refractivity contribution in [3.63, 3.8) is 0 Å². The van der Waals surface area contributed by atoms with Gasteiger partial charge in [0.25, 0.3) is 0 Å². The maximum atomic E-state index is 5.82. The second kappa shape index (κ2) is 9.48. The van der Waals surface area contributed by atoms with Gasteiger partial charge in [-0.15, -0.1) is 0 Å². The monoisotopic (exact) mass is 384 g/mol. The lowest BCUT2D eigenvalue weighted by Gasteiger charge is -2.27. The molecule has 0 radical (unpaired) electrons. The van der Waals surface area contributed by atoms with Gasteiger partial charge in [-0.25, -0.2) is 4.98 Å². The highest BCUT2D eigenvalue weighted by atomic mass is 16.5. The third kappa shape index (κ3) is 4.76. The summed E-state index contributed by atoms with van der Waals surface area (Å²) in [5.74, 6) is 6.88. The van der Waals surface area contributed by atoms with E-state index in [1.807, 2.05) is 13.1 Å². The van der Waals surface area contributed by atoms with Crippen molar-refractivity contribution in [2.24, 2.45) is 10.9 Å². The average Bonchev–Trinajstić information content (AvgIpc) is 2.72. The van der Waals surface area contributed by atoms with Gasteiger partial charge in [0, 0.05) is 31.3 Å². The van der Waals surface area contributed by atoms with E-state index in [9.17, 15) is 0 Å². The summed E-state index contributed by atoms with van der Waals surface area (Å²) in [6, 6.07) is 7.93. The molecular formula is C20H28N6O2. The Morgan fingerprint density at radius 3 is 2.68 bits per heavy atom. The first kappa shape index (κ1) is 20.0. The van der Waals surface area contributed by atoms with E-state index in [0.717, 1.165) is 25.2 Å². The maximum absolute atomic E-state index is 5.82. The summed E-state index contributed by atoms with van der Waals surface area (Å²) in [7, 11) is 1.88. The molecule has 2 aromatic rings. The van der Waals surface area contributed by atoms with Crippen molar-refractivity contribution in [2.45, 2.75) is 13.8 Å². The molecule has 0 amide bonds. The molecule has 0 spiro atoms. The minimum atomic E-state index is 0.506. The molecule has 2 heterocycles. The van der Waals surface area contributed by atoms with Crippen LogP contribution >= 0.6 is 0 Å². The SMILES string of the molecule is CNCCOc1cc(/C(=N\N)c2ccc(C)c(C)c2)nc(N2CCOCC2)n1. The molecule has 1 aromatic carbocycles. The predicted molar refractivity (Wildman–Crippen MR) is 110 cm³/mol. The minimum absolute atomic E-state index is 0.506. The van der Waals surface area contributed by atoms with E-state index < -0.39 is 0 Å². The zero-order valence-corrected chi connectivity index (χ0v) is 16.7. The Hall–Kier alpha value is -2.71. The van der Waals surface area contributed by atoms with Crippen LogP contribution in [0, 0.1) is 13.8 Å². The fourth-order valence-electron chi connectivity index (χ4n) is 2.95. The van der Waals surface area contributed by atoms with Gasteiger partial charge in [0.15, 0.2) is 0 Å². The molecule has 0 aliphatic carbocycles. The molecule has 8 heteroatoms. The van der Waals surface area contributed by atoms with Crippen LogP contribution < -0.4 is 20.8 Å². The number of hydrazone groups is 1. The van der Waals surface area contributed by atoms with Crippen LogP contribution in [-0.2, 0) is 4.74 Å². The standard InChI is InChI=1S/C20H28N6O2/c1-14-4-5-16(12-15(14)2)19(25-21)17-13-18(28-9-6-22-3)24-20(23-17)26-7-10-27-11-8-26/h4-5,12-13,22H,6-11,21H2,1-3H3/b25-19-. The van der Waals surface area contributed by atoms with Crippen LogP contribution in [0.3, 0.4) is 0 Å². The maximum Gasteiger partial charge on any atom is 0.229 e. The quantitative estimate of drug-likeness (QED) is 0.321. The lowest BCUT2D eigenvalue weighted by molar-refractivity contribution is 0.122. The third-order valence-corrected chi connectivity index (χ3v) is 4.74. The van der Waals surface area contributed by atoms with Crippen molar-refractivity contribution < 1.29 is 9.47 Å². The fraction of sp³-hybridized carbons (Fsp3) is 0.450. The van der Waals surface area contributed by atoms with Gasteiger partial charge in [0.2, 0.25) is 11.8 Å². The first-order chi connectivity index (χ1) is 13.6. The van der Waals surface area contributed by atoms with Crippen molar-refractivity contribution in [1.82, 2.24) is 15.3 Å². The second-order valence-corrected chi connectivity index (χ2v) is 6.72. The zero-order chi connectivity index (χ0) is 19.9. The van der Waals surface area contributed by atoms with E-state index in [4.69, 9.17) is 20.3 Å². The highest BCUT2D eigenvalue weighted by Crippen LogP contribution is 2.21. The lowest BCUT2D eigenvalue weighted by Crippen LogP contribution is -2.37. The molecule has 1 aliphatic rings. The molecule has 3 N–H and O–H groups in total. The highest BCUT2D eigenvalue weighted by Gasteiger charge is 2.19. The van der Waals surface area contributed by atoms with E-state index in [2.05, 4.69) is 46.3 Å². The molecule has 1 saturated heterocycles. The number of nitrogens with zero attached hydrogens (tertiary/aromatic N) is 4. The van der Waals surface area contributed by atoms with Crippen LogP contribution in [0.1, 0.15) is 22.4 Å². The van der Waals surface area contributed by atoms with Crippen molar-refractivity contribution in [3.05, 3.63) is 46.6 Å². The number of morpholine rings is 1. The van der Waals surface area contributed by atoms with Gasteiger partial charge in [0.1, 0.15) is 18.0 Å². The molecule has 1 fully saturated rings. The number of likely N-dealkylation sites (N-methyl/N-ethyl adjacent to an activating group) is 1. The predicted octanol–water partition coefficient (Wildman–Crippen LogP) is 1.24. The Balaban J connectivity index is 1.98. The summed E-state index contributed by atoms with van der Waals surface area (Å²) in [6.45, 7) is 8.15. The Morgan fingerprint density at radius 1 is 1.21 bits per heavy atom. The van der Waals surface area contributed by atoms with E-state index in [-0.39, 0.29) is 0 Å². The summed E-state index contributed by atoms with van der Waals surface area (Å²) >= 11 is 0. The van der Waals surface area contributed by atoms with Crippen molar-refractivity contribution in [1.29, 1.82) is 0 Å². The number of ether oxygens (including phenoxy) is 2. The Labute approximate surface area is 165 Å². The van der Waals surface area contributed by atoms with E-state index in [1.54, 1.807) is 6.07 Å². The van der Waals surface area contributed by atoms with Crippen LogP contribution in [0.2, 0.25) is 0 Å². The topological polar surface area (TPSA) is 97.9 Å². The van der Waals surface area contributed by atoms with Crippen molar-refractivity contribution in [2.75, 3.05) is 51.4 Å². The molecule has 28 heavy (non-hydrogen) atoms. The molecule has 0 saturated carbocycles. The molecular weight excluding hydrogens is 356 g/mol. The van der Waals surface area contributed by atoms with Gasteiger partial charge in [-0.05, 0) is 38.1 Å². The Bertz CT molecular complexity index is 833. The van der Waals surface area contributed by atoms with Crippen LogP contribution in [-0.4, -0.2) is 62.2 Å². The lowest BCUT2D eigenvalue weighted by atomic mass is 10.0. The molecule has 3 rings (SSSR count). The fourth-order valence-corrected chi connectivity index (χ4v) is 2.95. The number of anilines is 1. The molecule has 8 nitrogen and oxygen atoms in total. The number of hydrogen-bond donors (Lipinski definition) is 2. The number of aromatic nitrogens is 2. The largest absolute Gasteiger partial charge is 0.476 e. The third-order valence-electron chi connectivity index (χ3n) is 4.74. The number of nitrogens with one attached hydrogen (secondary N) is 1. The summed E-state index contributed by atoms with van der Waals surface area (Å²) in [5.41, 5.74) is 4.55. The number of nitrogens with two attached hydrogens (primary N) is 1. The number of rotatable bonds is 7. The zero-order valence-electron chi connectivity index (χ0n) is 16.7. The van der Waals surface area contributed by atoms with E-state index in [1.165, 1.54) is 11.1 Å². The van der Waals surface area contributed by atoms with Crippen LogP contribution in [0.25, 0.3) is 0 Å². The van der Waals surface area contributed by atoms with Crippen LogP contribution in [0.5, 0.6) is 5.88 Å². The van der Waals surface area contributed by atoms with Crippen molar-refractivity contribution >= 4 is 11.7 Å². The van der Waals surface area contributed by atoms with E-state index in [0.29, 0.717) is 43.1 Å². The summed E-state index contributed by atoms with van der Waals surface area (Å²) < 4.78 is 11.3. The Morgan fingerprint density at radius 2 is 2.00 bits per heavy atom. The molecule has 0 atom stereocenters. The summed E-state index contributed by atoms with van der Waals surface area (Å²) in [5, 5.41) is 7.10. The first-order valence-corrected chi connectivity index (χ1v) is 9.47. The minimum Gasteiger partial charge on any atom is -0.476 e. The second-order valence-electron chi connectivity index (χ2n) is 6.72. The van der Waals surface area contributed by atoms with Gasteiger partial charge in [0.05, 0.1) is 13.2 Å². The molecule has 0 bridgehead atoms. The summed E-state index contributed by atoms with van der Waals surface area (Å²) in [4.78, 5) is 11.4. The Kier molecular flexibility index (Phi) is 6.78. The van der Waals surface area contributed by atoms with Crippen LogP contribution in [0.4, 0.5) is 5.95 Å². The molecule has 0 unspecified atom stereocenters. The first-order valence-electron chi connectivity index (χ1n) is 9.47. The van der Waals surface area contributed by atoms with Gasteiger partial charge < -0.3 is 25.5 Å². The smallest absolute Gasteiger partial charge is 0.229 e. The van der Waals surface area contributed by atoms with E-state index >= 15 is 0 Å².